The second-order valence-corrected chi connectivity index (χ2v) is 7.58. The van der Waals surface area contributed by atoms with Crippen LogP contribution in [0, 0.1) is 13.8 Å². The lowest BCUT2D eigenvalue weighted by Gasteiger charge is -2.35. The summed E-state index contributed by atoms with van der Waals surface area (Å²) in [5.74, 6) is -0.0101. The van der Waals surface area contributed by atoms with Crippen LogP contribution in [0.1, 0.15) is 41.3 Å². The number of piperidine rings is 1. The van der Waals surface area contributed by atoms with E-state index in [-0.39, 0.29) is 23.9 Å². The Kier molecular flexibility index (Phi) is 6.47. The predicted molar refractivity (Wildman–Crippen MR) is 113 cm³/mol. The Morgan fingerprint density at radius 3 is 2.18 bits per heavy atom. The van der Waals surface area contributed by atoms with Crippen LogP contribution in [0.25, 0.3) is 0 Å². The van der Waals surface area contributed by atoms with E-state index < -0.39 is 0 Å². The molecule has 1 aliphatic rings. The van der Waals surface area contributed by atoms with E-state index in [0.717, 1.165) is 42.7 Å². The van der Waals surface area contributed by atoms with Gasteiger partial charge in [0, 0.05) is 30.4 Å². The molecule has 0 radical (unpaired) electrons. The molecule has 2 amide bonds. The maximum Gasteiger partial charge on any atom is 0.251 e. The van der Waals surface area contributed by atoms with E-state index >= 15 is 0 Å². The number of nitrogens with one attached hydrogen (secondary N) is 2. The van der Waals surface area contributed by atoms with Gasteiger partial charge < -0.3 is 10.6 Å². The molecule has 1 atom stereocenters. The third-order valence-electron chi connectivity index (χ3n) is 5.56. The van der Waals surface area contributed by atoms with Gasteiger partial charge in [0.2, 0.25) is 5.91 Å². The maximum absolute atomic E-state index is 12.7. The number of hydrogen-bond acceptors (Lipinski definition) is 3. The molecule has 2 aromatic rings. The summed E-state index contributed by atoms with van der Waals surface area (Å²) >= 11 is 0. The first-order chi connectivity index (χ1) is 13.5. The normalized spacial score (nSPS) is 16.4. The predicted octanol–water partition coefficient (Wildman–Crippen LogP) is 3.52. The Labute approximate surface area is 167 Å². The second-order valence-electron chi connectivity index (χ2n) is 7.58. The molecule has 0 aliphatic carbocycles. The fraction of sp³-hybridized carbons (Fsp3) is 0.391. The number of hydrogen-bond donors (Lipinski definition) is 2. The molecular formula is C23H29N3O2. The van der Waals surface area contributed by atoms with Crippen LogP contribution in [0.15, 0.2) is 48.5 Å². The minimum absolute atomic E-state index is 0.0178. The van der Waals surface area contributed by atoms with Crippen LogP contribution in [0.4, 0.5) is 5.69 Å². The van der Waals surface area contributed by atoms with Gasteiger partial charge in [-0.25, -0.2) is 0 Å². The fourth-order valence-corrected chi connectivity index (χ4v) is 3.69. The molecule has 5 nitrogen and oxygen atoms in total. The summed E-state index contributed by atoms with van der Waals surface area (Å²) in [6.45, 7) is 7.55. The summed E-state index contributed by atoms with van der Waals surface area (Å²) in [6, 6.07) is 15.3. The molecule has 2 N–H and O–H groups in total. The third-order valence-corrected chi connectivity index (χ3v) is 5.56. The Morgan fingerprint density at radius 2 is 1.57 bits per heavy atom. The topological polar surface area (TPSA) is 61.4 Å². The van der Waals surface area contributed by atoms with Gasteiger partial charge in [-0.05, 0) is 56.9 Å². The van der Waals surface area contributed by atoms with Crippen molar-refractivity contribution in [2.45, 2.75) is 45.7 Å². The van der Waals surface area contributed by atoms with Crippen LogP contribution in [-0.4, -0.2) is 41.9 Å². The molecule has 1 saturated heterocycles. The quantitative estimate of drug-likeness (QED) is 0.836. The summed E-state index contributed by atoms with van der Waals surface area (Å²) in [7, 11) is 0. The minimum Gasteiger partial charge on any atom is -0.349 e. The third kappa shape index (κ3) is 4.78. The Morgan fingerprint density at radius 1 is 0.964 bits per heavy atom. The van der Waals surface area contributed by atoms with E-state index in [0.29, 0.717) is 5.56 Å². The van der Waals surface area contributed by atoms with Gasteiger partial charge in [-0.2, -0.15) is 0 Å². The zero-order chi connectivity index (χ0) is 20.1. The van der Waals surface area contributed by atoms with Crippen LogP contribution >= 0.6 is 0 Å². The van der Waals surface area contributed by atoms with Crippen molar-refractivity contribution in [2.24, 2.45) is 0 Å². The highest BCUT2D eigenvalue weighted by molar-refractivity contribution is 5.96. The van der Waals surface area contributed by atoms with Crippen molar-refractivity contribution in [3.8, 4) is 0 Å². The van der Waals surface area contributed by atoms with Crippen molar-refractivity contribution >= 4 is 17.5 Å². The van der Waals surface area contributed by atoms with E-state index in [1.165, 1.54) is 0 Å². The van der Waals surface area contributed by atoms with E-state index in [1.54, 1.807) is 0 Å². The van der Waals surface area contributed by atoms with Crippen molar-refractivity contribution in [1.82, 2.24) is 10.2 Å². The largest absolute Gasteiger partial charge is 0.349 e. The number of carbonyl (C=O) groups excluding carboxylic acids is 2. The zero-order valence-corrected chi connectivity index (χ0v) is 16.9. The Hall–Kier alpha value is -2.66. The van der Waals surface area contributed by atoms with Gasteiger partial charge in [0.1, 0.15) is 0 Å². The summed E-state index contributed by atoms with van der Waals surface area (Å²) in [6.07, 6.45) is 1.69. The molecular weight excluding hydrogens is 350 g/mol. The summed E-state index contributed by atoms with van der Waals surface area (Å²) < 4.78 is 0. The molecule has 1 unspecified atom stereocenters. The standard InChI is InChI=1S/C23H29N3O2/c1-16-8-7-9-17(2)21(16)25-22(27)18(3)26-14-12-20(13-15-26)24-23(28)19-10-5-4-6-11-19/h4-11,18,20H,12-15H2,1-3H3,(H,24,28)(H,25,27). The fourth-order valence-electron chi connectivity index (χ4n) is 3.69. The minimum atomic E-state index is -0.204. The Bertz CT molecular complexity index is 807. The van der Waals surface area contributed by atoms with Crippen LogP contribution in [0.5, 0.6) is 0 Å². The van der Waals surface area contributed by atoms with Gasteiger partial charge in [0.25, 0.3) is 5.91 Å². The van der Waals surface area contributed by atoms with Gasteiger partial charge >= 0.3 is 0 Å². The summed E-state index contributed by atoms with van der Waals surface area (Å²) in [5, 5.41) is 6.20. The molecule has 3 rings (SSSR count). The van der Waals surface area contributed by atoms with E-state index in [1.807, 2.05) is 69.3 Å². The Balaban J connectivity index is 1.51. The van der Waals surface area contributed by atoms with Crippen molar-refractivity contribution in [3.05, 3.63) is 65.2 Å². The van der Waals surface area contributed by atoms with Gasteiger partial charge in [-0.1, -0.05) is 36.4 Å². The van der Waals surface area contributed by atoms with Crippen molar-refractivity contribution in [1.29, 1.82) is 0 Å². The molecule has 2 aromatic carbocycles. The molecule has 148 valence electrons. The molecule has 0 bridgehead atoms. The number of rotatable bonds is 5. The highest BCUT2D eigenvalue weighted by atomic mass is 16.2. The van der Waals surface area contributed by atoms with E-state index in [9.17, 15) is 9.59 Å². The number of aryl methyl sites for hydroxylation is 2. The van der Waals surface area contributed by atoms with E-state index in [4.69, 9.17) is 0 Å². The van der Waals surface area contributed by atoms with Gasteiger partial charge in [0.15, 0.2) is 0 Å². The smallest absolute Gasteiger partial charge is 0.251 e. The summed E-state index contributed by atoms with van der Waals surface area (Å²) in [4.78, 5) is 27.2. The first-order valence-corrected chi connectivity index (χ1v) is 9.92. The molecule has 5 heteroatoms. The van der Waals surface area contributed by atoms with Crippen LogP contribution in [0.2, 0.25) is 0 Å². The number of likely N-dealkylation sites (tertiary alicyclic amines) is 1. The van der Waals surface area contributed by atoms with Crippen LogP contribution in [0.3, 0.4) is 0 Å². The number of amides is 2. The number of benzene rings is 2. The molecule has 0 aromatic heterocycles. The highest BCUT2D eigenvalue weighted by Gasteiger charge is 2.27. The zero-order valence-electron chi connectivity index (χ0n) is 16.9. The lowest BCUT2D eigenvalue weighted by Crippen LogP contribution is -2.50. The highest BCUT2D eigenvalue weighted by Crippen LogP contribution is 2.21. The number of nitrogens with zero attached hydrogens (tertiary/aromatic N) is 1. The lowest BCUT2D eigenvalue weighted by molar-refractivity contribution is -0.121. The number of carbonyl (C=O) groups is 2. The van der Waals surface area contributed by atoms with Gasteiger partial charge in [-0.3, -0.25) is 14.5 Å². The first-order valence-electron chi connectivity index (χ1n) is 9.92. The molecule has 1 heterocycles. The van der Waals surface area contributed by atoms with Crippen molar-refractivity contribution in [2.75, 3.05) is 18.4 Å². The van der Waals surface area contributed by atoms with Gasteiger partial charge in [-0.15, -0.1) is 0 Å². The monoisotopic (exact) mass is 379 g/mol. The van der Waals surface area contributed by atoms with Crippen LogP contribution in [-0.2, 0) is 4.79 Å². The first kappa shape index (κ1) is 20.1. The molecule has 0 saturated carbocycles. The van der Waals surface area contributed by atoms with Gasteiger partial charge in [0.05, 0.1) is 6.04 Å². The van der Waals surface area contributed by atoms with Crippen molar-refractivity contribution < 1.29 is 9.59 Å². The number of anilines is 1. The molecule has 1 aliphatic heterocycles. The lowest BCUT2D eigenvalue weighted by atomic mass is 10.0. The summed E-state index contributed by atoms with van der Waals surface area (Å²) in [5.41, 5.74) is 3.74. The second kappa shape index (κ2) is 9.02. The van der Waals surface area contributed by atoms with Crippen LogP contribution < -0.4 is 10.6 Å². The van der Waals surface area contributed by atoms with E-state index in [2.05, 4.69) is 15.5 Å². The number of para-hydroxylation sites is 1. The molecule has 1 fully saturated rings. The maximum atomic E-state index is 12.7. The SMILES string of the molecule is Cc1cccc(C)c1NC(=O)C(C)N1CCC(NC(=O)c2ccccc2)CC1. The average molecular weight is 380 g/mol. The van der Waals surface area contributed by atoms with Crippen molar-refractivity contribution in [3.63, 3.8) is 0 Å². The molecule has 0 spiro atoms. The molecule has 28 heavy (non-hydrogen) atoms. The average Bonchev–Trinajstić information content (AvgIpc) is 2.71.